The standard InChI is InChI=1S/C28H27ClN4O/c1-19-16-26(22-10-6-3-7-11-22)32-27-25(18-31-33(19)27)28(34)30-17-24(20-8-4-2-5-9-20)21-12-14-23(29)15-13-21/h2-15,18-19,24,26,32H,16-17H2,1H3,(H,30,34). The van der Waals surface area contributed by atoms with Gasteiger partial charge in [-0.05, 0) is 42.2 Å². The van der Waals surface area contributed by atoms with Crippen molar-refractivity contribution in [3.05, 3.63) is 118 Å². The largest absolute Gasteiger partial charge is 0.363 e. The summed E-state index contributed by atoms with van der Waals surface area (Å²) < 4.78 is 1.92. The van der Waals surface area contributed by atoms with Crippen molar-refractivity contribution in [2.45, 2.75) is 31.3 Å². The van der Waals surface area contributed by atoms with Crippen molar-refractivity contribution >= 4 is 23.3 Å². The zero-order valence-corrected chi connectivity index (χ0v) is 19.7. The van der Waals surface area contributed by atoms with Crippen molar-refractivity contribution in [3.63, 3.8) is 0 Å². The summed E-state index contributed by atoms with van der Waals surface area (Å²) in [4.78, 5) is 13.3. The van der Waals surface area contributed by atoms with Gasteiger partial charge in [-0.2, -0.15) is 5.10 Å². The third kappa shape index (κ3) is 4.57. The number of carbonyl (C=O) groups excluding carboxylic acids is 1. The normalized spacial score (nSPS) is 17.9. The van der Waals surface area contributed by atoms with Crippen molar-refractivity contribution in [1.29, 1.82) is 0 Å². The molecular formula is C28H27ClN4O. The van der Waals surface area contributed by atoms with Gasteiger partial charge in [0.05, 0.1) is 18.3 Å². The summed E-state index contributed by atoms with van der Waals surface area (Å²) in [7, 11) is 0. The van der Waals surface area contributed by atoms with Crippen LogP contribution >= 0.6 is 11.6 Å². The van der Waals surface area contributed by atoms with Gasteiger partial charge in [-0.25, -0.2) is 4.68 Å². The van der Waals surface area contributed by atoms with E-state index in [0.717, 1.165) is 23.4 Å². The van der Waals surface area contributed by atoms with Crippen LogP contribution in [0.1, 0.15) is 58.4 Å². The fourth-order valence-corrected chi connectivity index (χ4v) is 4.80. The highest BCUT2D eigenvalue weighted by Crippen LogP contribution is 2.36. The van der Waals surface area contributed by atoms with Crippen LogP contribution in [0.3, 0.4) is 0 Å². The van der Waals surface area contributed by atoms with Gasteiger partial charge in [0, 0.05) is 17.5 Å². The molecule has 0 spiro atoms. The number of fused-ring (bicyclic) bond motifs is 1. The van der Waals surface area contributed by atoms with Gasteiger partial charge in [-0.1, -0.05) is 84.4 Å². The Kier molecular flexibility index (Phi) is 6.37. The lowest BCUT2D eigenvalue weighted by molar-refractivity contribution is 0.0953. The van der Waals surface area contributed by atoms with Crippen molar-refractivity contribution < 1.29 is 4.79 Å². The molecule has 3 atom stereocenters. The molecule has 2 N–H and O–H groups in total. The second kappa shape index (κ2) is 9.74. The van der Waals surface area contributed by atoms with Crippen molar-refractivity contribution in [2.24, 2.45) is 0 Å². The molecule has 34 heavy (non-hydrogen) atoms. The minimum Gasteiger partial charge on any atom is -0.363 e. The molecule has 3 aromatic carbocycles. The number of halogens is 1. The van der Waals surface area contributed by atoms with E-state index in [0.29, 0.717) is 17.1 Å². The first-order valence-corrected chi connectivity index (χ1v) is 12.0. The van der Waals surface area contributed by atoms with E-state index in [2.05, 4.69) is 46.9 Å². The van der Waals surface area contributed by atoms with E-state index in [-0.39, 0.29) is 23.9 Å². The maximum Gasteiger partial charge on any atom is 0.256 e. The number of nitrogens with zero attached hydrogens (tertiary/aromatic N) is 2. The fraction of sp³-hybridized carbons (Fsp3) is 0.214. The van der Waals surface area contributed by atoms with Crippen LogP contribution in [0.25, 0.3) is 0 Å². The number of hydrogen-bond donors (Lipinski definition) is 2. The van der Waals surface area contributed by atoms with Crippen LogP contribution in [0.5, 0.6) is 0 Å². The van der Waals surface area contributed by atoms with Gasteiger partial charge in [0.2, 0.25) is 0 Å². The molecule has 0 radical (unpaired) electrons. The third-order valence-corrected chi connectivity index (χ3v) is 6.74. The molecule has 1 amide bonds. The maximum absolute atomic E-state index is 13.3. The van der Waals surface area contributed by atoms with Crippen LogP contribution in [-0.4, -0.2) is 22.2 Å². The fourth-order valence-electron chi connectivity index (χ4n) is 4.67. The second-order valence-electron chi connectivity index (χ2n) is 8.77. The molecular weight excluding hydrogens is 444 g/mol. The molecule has 5 rings (SSSR count). The summed E-state index contributed by atoms with van der Waals surface area (Å²) in [5.41, 5.74) is 4.01. The zero-order valence-electron chi connectivity index (χ0n) is 19.0. The zero-order chi connectivity index (χ0) is 23.5. The Bertz CT molecular complexity index is 1250. The number of amides is 1. The van der Waals surface area contributed by atoms with E-state index in [4.69, 9.17) is 11.6 Å². The van der Waals surface area contributed by atoms with Gasteiger partial charge in [0.15, 0.2) is 0 Å². The molecule has 172 valence electrons. The Morgan fingerprint density at radius 3 is 2.38 bits per heavy atom. The van der Waals surface area contributed by atoms with Gasteiger partial charge in [-0.3, -0.25) is 4.79 Å². The molecule has 0 saturated carbocycles. The quantitative estimate of drug-likeness (QED) is 0.352. The summed E-state index contributed by atoms with van der Waals surface area (Å²) in [5.74, 6) is 0.648. The van der Waals surface area contributed by atoms with Crippen molar-refractivity contribution in [3.8, 4) is 0 Å². The smallest absolute Gasteiger partial charge is 0.256 e. The van der Waals surface area contributed by atoms with Crippen LogP contribution in [0, 0.1) is 0 Å². The van der Waals surface area contributed by atoms with Crippen molar-refractivity contribution in [1.82, 2.24) is 15.1 Å². The first kappa shape index (κ1) is 22.2. The van der Waals surface area contributed by atoms with Gasteiger partial charge in [-0.15, -0.1) is 0 Å². The lowest BCUT2D eigenvalue weighted by Crippen LogP contribution is -2.31. The van der Waals surface area contributed by atoms with Crippen LogP contribution in [-0.2, 0) is 0 Å². The summed E-state index contributed by atoms with van der Waals surface area (Å²) in [6, 6.07) is 28.7. The number of carbonyl (C=O) groups is 1. The predicted molar refractivity (Wildman–Crippen MR) is 136 cm³/mol. The number of hydrogen-bond acceptors (Lipinski definition) is 3. The summed E-state index contributed by atoms with van der Waals surface area (Å²) in [5, 5.41) is 11.9. The Balaban J connectivity index is 1.37. The SMILES string of the molecule is CC1CC(c2ccccc2)Nc2c(C(=O)NCC(c3ccccc3)c3ccc(Cl)cc3)cnn21. The van der Waals surface area contributed by atoms with Crippen molar-refractivity contribution in [2.75, 3.05) is 11.9 Å². The second-order valence-corrected chi connectivity index (χ2v) is 9.21. The molecule has 0 aliphatic carbocycles. The molecule has 1 aliphatic heterocycles. The van der Waals surface area contributed by atoms with Gasteiger partial charge in [0.1, 0.15) is 11.4 Å². The number of anilines is 1. The molecule has 0 fully saturated rings. The Morgan fingerprint density at radius 2 is 1.68 bits per heavy atom. The van der Waals surface area contributed by atoms with E-state index in [9.17, 15) is 4.79 Å². The van der Waals surface area contributed by atoms with E-state index >= 15 is 0 Å². The average molecular weight is 471 g/mol. The summed E-state index contributed by atoms with van der Waals surface area (Å²) in [6.45, 7) is 2.60. The predicted octanol–water partition coefficient (Wildman–Crippen LogP) is 6.22. The van der Waals surface area contributed by atoms with E-state index < -0.39 is 0 Å². The molecule has 6 heteroatoms. The third-order valence-electron chi connectivity index (χ3n) is 6.49. The number of benzene rings is 3. The number of nitrogens with one attached hydrogen (secondary N) is 2. The lowest BCUT2D eigenvalue weighted by Gasteiger charge is -2.31. The highest BCUT2D eigenvalue weighted by molar-refractivity contribution is 6.30. The summed E-state index contributed by atoms with van der Waals surface area (Å²) in [6.07, 6.45) is 2.58. The molecule has 1 aromatic heterocycles. The van der Waals surface area contributed by atoms with Crippen LogP contribution in [0.4, 0.5) is 5.82 Å². The van der Waals surface area contributed by atoms with E-state index in [1.165, 1.54) is 5.56 Å². The highest BCUT2D eigenvalue weighted by Gasteiger charge is 2.29. The monoisotopic (exact) mass is 470 g/mol. The lowest BCUT2D eigenvalue weighted by atomic mass is 9.91. The molecule has 0 bridgehead atoms. The van der Waals surface area contributed by atoms with Gasteiger partial charge >= 0.3 is 0 Å². The van der Waals surface area contributed by atoms with Crippen LogP contribution in [0.2, 0.25) is 5.02 Å². The molecule has 0 saturated heterocycles. The Morgan fingerprint density at radius 1 is 1.03 bits per heavy atom. The van der Waals surface area contributed by atoms with Crippen LogP contribution < -0.4 is 10.6 Å². The molecule has 2 heterocycles. The molecule has 4 aromatic rings. The number of rotatable bonds is 6. The maximum atomic E-state index is 13.3. The topological polar surface area (TPSA) is 59.0 Å². The molecule has 5 nitrogen and oxygen atoms in total. The van der Waals surface area contributed by atoms with Gasteiger partial charge < -0.3 is 10.6 Å². The Hall–Kier alpha value is -3.57. The molecule has 3 unspecified atom stereocenters. The summed E-state index contributed by atoms with van der Waals surface area (Å²) >= 11 is 6.11. The van der Waals surface area contributed by atoms with Gasteiger partial charge in [0.25, 0.3) is 5.91 Å². The minimum absolute atomic E-state index is 0.0118. The average Bonchev–Trinajstić information content (AvgIpc) is 3.31. The van der Waals surface area contributed by atoms with E-state index in [1.54, 1.807) is 6.20 Å². The number of aromatic nitrogens is 2. The first-order valence-electron chi connectivity index (χ1n) is 11.6. The first-order chi connectivity index (χ1) is 16.6. The minimum atomic E-state index is -0.135. The Labute approximate surface area is 204 Å². The van der Waals surface area contributed by atoms with Crippen LogP contribution in [0.15, 0.2) is 91.1 Å². The van der Waals surface area contributed by atoms with E-state index in [1.807, 2.05) is 65.3 Å². The highest BCUT2D eigenvalue weighted by atomic mass is 35.5. The molecule has 1 aliphatic rings.